The fourth-order valence-corrected chi connectivity index (χ4v) is 1.64. The average molecular weight is 220 g/mol. The molecule has 1 atom stereocenters. The lowest BCUT2D eigenvalue weighted by atomic mass is 10.2. The van der Waals surface area contributed by atoms with Gasteiger partial charge >= 0.3 is 0 Å². The van der Waals surface area contributed by atoms with E-state index >= 15 is 0 Å². The highest BCUT2D eigenvalue weighted by Crippen LogP contribution is 2.12. The van der Waals surface area contributed by atoms with Crippen molar-refractivity contribution in [1.29, 1.82) is 0 Å². The Labute approximate surface area is 94.4 Å². The molecule has 2 heterocycles. The summed E-state index contributed by atoms with van der Waals surface area (Å²) >= 11 is 0. The molecule has 1 unspecified atom stereocenters. The van der Waals surface area contributed by atoms with Gasteiger partial charge in [0, 0.05) is 18.9 Å². The van der Waals surface area contributed by atoms with E-state index in [4.69, 9.17) is 0 Å². The van der Waals surface area contributed by atoms with E-state index in [0.29, 0.717) is 6.54 Å². The van der Waals surface area contributed by atoms with Crippen LogP contribution in [0.15, 0.2) is 24.8 Å². The molecule has 5 nitrogen and oxygen atoms in total. The zero-order chi connectivity index (χ0) is 11.5. The van der Waals surface area contributed by atoms with Crippen LogP contribution in [0.25, 0.3) is 0 Å². The standard InChI is InChI=1S/C11H16N4O/c1-3-15-11(12-8-13-15)7-14-5-4-10(6-14)9(2)16/h4-6,8-9,16H,3,7H2,1-2H3. The molecule has 0 saturated heterocycles. The maximum atomic E-state index is 9.42. The zero-order valence-corrected chi connectivity index (χ0v) is 9.54. The first-order valence-electron chi connectivity index (χ1n) is 5.41. The number of aromatic nitrogens is 4. The molecule has 2 aromatic rings. The molecule has 0 fully saturated rings. The summed E-state index contributed by atoms with van der Waals surface area (Å²) in [7, 11) is 0. The minimum atomic E-state index is -0.426. The van der Waals surface area contributed by atoms with Crippen molar-refractivity contribution < 1.29 is 5.11 Å². The van der Waals surface area contributed by atoms with E-state index < -0.39 is 6.10 Å². The molecule has 0 amide bonds. The van der Waals surface area contributed by atoms with Gasteiger partial charge in [-0.05, 0) is 25.5 Å². The summed E-state index contributed by atoms with van der Waals surface area (Å²) in [6.45, 7) is 5.30. The predicted molar refractivity (Wildman–Crippen MR) is 59.9 cm³/mol. The summed E-state index contributed by atoms with van der Waals surface area (Å²) < 4.78 is 3.86. The van der Waals surface area contributed by atoms with Gasteiger partial charge in [-0.1, -0.05) is 0 Å². The molecule has 0 spiro atoms. The second kappa shape index (κ2) is 4.49. The molecular weight excluding hydrogens is 204 g/mol. The van der Waals surface area contributed by atoms with Gasteiger partial charge < -0.3 is 9.67 Å². The van der Waals surface area contributed by atoms with Crippen LogP contribution in [0.5, 0.6) is 0 Å². The number of rotatable bonds is 4. The fourth-order valence-electron chi connectivity index (χ4n) is 1.64. The summed E-state index contributed by atoms with van der Waals surface area (Å²) in [5.41, 5.74) is 0.919. The van der Waals surface area contributed by atoms with Gasteiger partial charge in [-0.25, -0.2) is 9.67 Å². The van der Waals surface area contributed by atoms with Crippen LogP contribution < -0.4 is 0 Å². The van der Waals surface area contributed by atoms with Crippen molar-refractivity contribution in [3.8, 4) is 0 Å². The summed E-state index contributed by atoms with van der Waals surface area (Å²) in [5, 5.41) is 13.5. The van der Waals surface area contributed by atoms with Crippen LogP contribution in [0.4, 0.5) is 0 Å². The number of aliphatic hydroxyl groups excluding tert-OH is 1. The van der Waals surface area contributed by atoms with Crippen LogP contribution in [-0.2, 0) is 13.1 Å². The van der Waals surface area contributed by atoms with Gasteiger partial charge in [0.05, 0.1) is 12.6 Å². The quantitative estimate of drug-likeness (QED) is 0.842. The Morgan fingerprint density at radius 1 is 1.50 bits per heavy atom. The Balaban J connectivity index is 2.14. The van der Waals surface area contributed by atoms with Gasteiger partial charge in [0.15, 0.2) is 0 Å². The molecular formula is C11H16N4O. The number of hydrogen-bond acceptors (Lipinski definition) is 3. The van der Waals surface area contributed by atoms with E-state index in [-0.39, 0.29) is 0 Å². The third-order valence-electron chi connectivity index (χ3n) is 2.58. The number of hydrogen-bond donors (Lipinski definition) is 1. The molecule has 16 heavy (non-hydrogen) atoms. The van der Waals surface area contributed by atoms with E-state index in [1.807, 2.05) is 34.6 Å². The van der Waals surface area contributed by atoms with Crippen LogP contribution in [0.2, 0.25) is 0 Å². The maximum Gasteiger partial charge on any atom is 0.146 e. The summed E-state index contributed by atoms with van der Waals surface area (Å²) in [6.07, 6.45) is 5.01. The number of nitrogens with zero attached hydrogens (tertiary/aromatic N) is 4. The van der Waals surface area contributed by atoms with Gasteiger partial charge in [-0.2, -0.15) is 5.10 Å². The Morgan fingerprint density at radius 2 is 2.31 bits per heavy atom. The van der Waals surface area contributed by atoms with E-state index in [1.165, 1.54) is 0 Å². The highest BCUT2D eigenvalue weighted by Gasteiger charge is 2.06. The van der Waals surface area contributed by atoms with E-state index in [1.54, 1.807) is 13.3 Å². The molecule has 0 aliphatic heterocycles. The first kappa shape index (κ1) is 10.9. The van der Waals surface area contributed by atoms with Crippen molar-refractivity contribution in [3.05, 3.63) is 36.2 Å². The normalized spacial score (nSPS) is 12.9. The monoisotopic (exact) mass is 220 g/mol. The Kier molecular flexibility index (Phi) is 3.05. The van der Waals surface area contributed by atoms with E-state index in [9.17, 15) is 5.11 Å². The molecule has 0 aliphatic carbocycles. The van der Waals surface area contributed by atoms with E-state index in [0.717, 1.165) is 17.9 Å². The van der Waals surface area contributed by atoms with E-state index in [2.05, 4.69) is 10.1 Å². The second-order valence-electron chi connectivity index (χ2n) is 3.79. The molecule has 86 valence electrons. The number of aryl methyl sites for hydroxylation is 1. The average Bonchev–Trinajstić information content (AvgIpc) is 2.87. The largest absolute Gasteiger partial charge is 0.389 e. The van der Waals surface area contributed by atoms with Crippen molar-refractivity contribution in [2.45, 2.75) is 33.0 Å². The van der Waals surface area contributed by atoms with Gasteiger partial charge in [0.2, 0.25) is 0 Å². The minimum absolute atomic E-state index is 0.426. The Morgan fingerprint density at radius 3 is 2.94 bits per heavy atom. The lowest BCUT2D eigenvalue weighted by Gasteiger charge is -2.04. The molecule has 1 N–H and O–H groups in total. The fraction of sp³-hybridized carbons (Fsp3) is 0.455. The highest BCUT2D eigenvalue weighted by atomic mass is 16.3. The van der Waals surface area contributed by atoms with Crippen molar-refractivity contribution in [2.24, 2.45) is 0 Å². The van der Waals surface area contributed by atoms with Crippen molar-refractivity contribution in [1.82, 2.24) is 19.3 Å². The van der Waals surface area contributed by atoms with Crippen LogP contribution in [-0.4, -0.2) is 24.4 Å². The minimum Gasteiger partial charge on any atom is -0.389 e. The molecule has 2 aromatic heterocycles. The zero-order valence-electron chi connectivity index (χ0n) is 9.54. The SMILES string of the molecule is CCn1ncnc1Cn1ccc(C(C)O)c1. The van der Waals surface area contributed by atoms with Crippen molar-refractivity contribution >= 4 is 0 Å². The molecule has 0 radical (unpaired) electrons. The number of aliphatic hydroxyl groups is 1. The molecule has 0 bridgehead atoms. The highest BCUT2D eigenvalue weighted by molar-refractivity contribution is 5.13. The second-order valence-corrected chi connectivity index (χ2v) is 3.79. The van der Waals surface area contributed by atoms with Crippen molar-refractivity contribution in [3.63, 3.8) is 0 Å². The topological polar surface area (TPSA) is 55.9 Å². The summed E-state index contributed by atoms with van der Waals surface area (Å²) in [4.78, 5) is 4.20. The maximum absolute atomic E-state index is 9.42. The summed E-state index contributed by atoms with van der Waals surface area (Å²) in [6, 6.07) is 1.91. The van der Waals surface area contributed by atoms with Crippen molar-refractivity contribution in [2.75, 3.05) is 0 Å². The third kappa shape index (κ3) is 2.14. The lowest BCUT2D eigenvalue weighted by Crippen LogP contribution is -2.07. The molecule has 0 aliphatic rings. The third-order valence-corrected chi connectivity index (χ3v) is 2.58. The summed E-state index contributed by atoms with van der Waals surface area (Å²) in [5.74, 6) is 0.926. The van der Waals surface area contributed by atoms with Gasteiger partial charge in [-0.3, -0.25) is 0 Å². The van der Waals surface area contributed by atoms with Gasteiger partial charge in [0.1, 0.15) is 12.2 Å². The Bertz CT molecular complexity index is 458. The lowest BCUT2D eigenvalue weighted by molar-refractivity contribution is 0.199. The Hall–Kier alpha value is -1.62. The molecule has 0 saturated carbocycles. The molecule has 2 rings (SSSR count). The molecule has 0 aromatic carbocycles. The first-order chi connectivity index (χ1) is 7.70. The van der Waals surface area contributed by atoms with Gasteiger partial charge in [-0.15, -0.1) is 0 Å². The van der Waals surface area contributed by atoms with Crippen LogP contribution >= 0.6 is 0 Å². The smallest absolute Gasteiger partial charge is 0.146 e. The molecule has 5 heteroatoms. The first-order valence-corrected chi connectivity index (χ1v) is 5.41. The van der Waals surface area contributed by atoms with Crippen LogP contribution in [0.1, 0.15) is 31.3 Å². The van der Waals surface area contributed by atoms with Gasteiger partial charge in [0.25, 0.3) is 0 Å². The van der Waals surface area contributed by atoms with Crippen LogP contribution in [0.3, 0.4) is 0 Å². The predicted octanol–water partition coefficient (Wildman–Crippen LogP) is 1.20. The van der Waals surface area contributed by atoms with Crippen LogP contribution in [0, 0.1) is 0 Å².